The van der Waals surface area contributed by atoms with Gasteiger partial charge in [0, 0.05) is 43.7 Å². The average Bonchev–Trinajstić information content (AvgIpc) is 2.90. The maximum Gasteiger partial charge on any atom is 0.219 e. The summed E-state index contributed by atoms with van der Waals surface area (Å²) in [6.07, 6.45) is 7.24. The maximum atomic E-state index is 11.8. The van der Waals surface area contributed by atoms with Crippen LogP contribution in [0.5, 0.6) is 0 Å². The average molecular weight is 377 g/mol. The van der Waals surface area contributed by atoms with Crippen LogP contribution >= 0.6 is 11.6 Å². The monoisotopic (exact) mass is 376 g/mol. The molecule has 1 aromatic carbocycles. The van der Waals surface area contributed by atoms with E-state index in [9.17, 15) is 4.79 Å². The van der Waals surface area contributed by atoms with Gasteiger partial charge in [0.25, 0.3) is 0 Å². The molecule has 4 nitrogen and oxygen atoms in total. The molecule has 2 bridgehead atoms. The Labute approximate surface area is 161 Å². The highest BCUT2D eigenvalue weighted by atomic mass is 35.5. The molecule has 142 valence electrons. The second kappa shape index (κ2) is 7.87. The minimum Gasteiger partial charge on any atom is -0.375 e. The molecule has 0 N–H and O–H groups in total. The standard InChI is InChI=1S/C21H29ClN2O2/c1-15(25)24-17-6-7-18(24)13-20(12-17)26-19-8-10-23(11-9-19)14-16-4-2-3-5-21(16)22/h2-5,17-20H,6-14H2,1H3/t17-,18+,20?. The van der Waals surface area contributed by atoms with Gasteiger partial charge in [-0.1, -0.05) is 29.8 Å². The second-order valence-electron chi connectivity index (χ2n) is 8.11. The number of amides is 1. The van der Waals surface area contributed by atoms with Crippen LogP contribution in [0.25, 0.3) is 0 Å². The van der Waals surface area contributed by atoms with Gasteiger partial charge < -0.3 is 9.64 Å². The van der Waals surface area contributed by atoms with Crippen molar-refractivity contribution in [3.05, 3.63) is 34.9 Å². The van der Waals surface area contributed by atoms with Crippen molar-refractivity contribution in [3.63, 3.8) is 0 Å². The van der Waals surface area contributed by atoms with Gasteiger partial charge >= 0.3 is 0 Å². The summed E-state index contributed by atoms with van der Waals surface area (Å²) in [7, 11) is 0. The quantitative estimate of drug-likeness (QED) is 0.799. The van der Waals surface area contributed by atoms with Crippen LogP contribution < -0.4 is 0 Å². The third-order valence-electron chi connectivity index (χ3n) is 6.32. The van der Waals surface area contributed by atoms with Crippen molar-refractivity contribution in [3.8, 4) is 0 Å². The van der Waals surface area contributed by atoms with E-state index in [1.165, 1.54) is 5.56 Å². The Morgan fingerprint density at radius 2 is 1.73 bits per heavy atom. The molecule has 26 heavy (non-hydrogen) atoms. The summed E-state index contributed by atoms with van der Waals surface area (Å²) in [4.78, 5) is 16.4. The van der Waals surface area contributed by atoms with Crippen LogP contribution in [0.15, 0.2) is 24.3 Å². The SMILES string of the molecule is CC(=O)N1[C@@H]2CC[C@H]1CC(OC1CCN(Cc3ccccc3Cl)CC1)C2. The molecular formula is C21H29ClN2O2. The summed E-state index contributed by atoms with van der Waals surface area (Å²) in [6, 6.07) is 8.95. The van der Waals surface area contributed by atoms with Gasteiger partial charge in [-0.3, -0.25) is 9.69 Å². The highest BCUT2D eigenvalue weighted by molar-refractivity contribution is 6.31. The van der Waals surface area contributed by atoms with Gasteiger partial charge in [-0.25, -0.2) is 0 Å². The summed E-state index contributed by atoms with van der Waals surface area (Å²) >= 11 is 6.29. The lowest BCUT2D eigenvalue weighted by atomic mass is 9.98. The first-order valence-corrected chi connectivity index (χ1v) is 10.4. The second-order valence-corrected chi connectivity index (χ2v) is 8.51. The van der Waals surface area contributed by atoms with Crippen molar-refractivity contribution in [2.75, 3.05) is 13.1 Å². The van der Waals surface area contributed by atoms with Gasteiger partial charge in [0.1, 0.15) is 0 Å². The van der Waals surface area contributed by atoms with Crippen LogP contribution in [0.2, 0.25) is 5.02 Å². The zero-order valence-corrected chi connectivity index (χ0v) is 16.3. The topological polar surface area (TPSA) is 32.8 Å². The number of fused-ring (bicyclic) bond motifs is 2. The van der Waals surface area contributed by atoms with E-state index in [2.05, 4.69) is 21.9 Å². The van der Waals surface area contributed by atoms with Crippen molar-refractivity contribution in [2.45, 2.75) is 76.3 Å². The number of benzene rings is 1. The molecule has 0 aliphatic carbocycles. The maximum absolute atomic E-state index is 11.8. The van der Waals surface area contributed by atoms with Crippen LogP contribution in [-0.4, -0.2) is 53.1 Å². The zero-order valence-electron chi connectivity index (χ0n) is 15.6. The summed E-state index contributed by atoms with van der Waals surface area (Å²) in [5, 5.41) is 0.860. The normalized spacial score (nSPS) is 29.9. The van der Waals surface area contributed by atoms with E-state index in [0.29, 0.717) is 24.3 Å². The van der Waals surface area contributed by atoms with E-state index in [-0.39, 0.29) is 5.91 Å². The summed E-state index contributed by atoms with van der Waals surface area (Å²) in [6.45, 7) is 4.76. The molecule has 0 radical (unpaired) electrons. The fourth-order valence-electron chi connectivity index (χ4n) is 5.10. The molecule has 3 atom stereocenters. The van der Waals surface area contributed by atoms with Crippen molar-refractivity contribution in [1.82, 2.24) is 9.80 Å². The van der Waals surface area contributed by atoms with Crippen molar-refractivity contribution < 1.29 is 9.53 Å². The third kappa shape index (κ3) is 3.92. The predicted molar refractivity (Wildman–Crippen MR) is 103 cm³/mol. The third-order valence-corrected chi connectivity index (χ3v) is 6.69. The number of carbonyl (C=O) groups is 1. The van der Waals surface area contributed by atoms with Gasteiger partial charge in [0.2, 0.25) is 5.91 Å². The Bertz CT molecular complexity index is 631. The molecule has 3 saturated heterocycles. The van der Waals surface area contributed by atoms with Gasteiger partial charge in [-0.05, 0) is 50.2 Å². The largest absolute Gasteiger partial charge is 0.375 e. The molecule has 5 heteroatoms. The highest BCUT2D eigenvalue weighted by Gasteiger charge is 2.43. The van der Waals surface area contributed by atoms with E-state index in [1.54, 1.807) is 6.92 Å². The Hall–Kier alpha value is -1.10. The minimum absolute atomic E-state index is 0.240. The smallest absolute Gasteiger partial charge is 0.219 e. The zero-order chi connectivity index (χ0) is 18.1. The molecule has 1 aromatic rings. The number of likely N-dealkylation sites (tertiary alicyclic amines) is 1. The molecule has 0 aromatic heterocycles. The fraction of sp³-hybridized carbons (Fsp3) is 0.667. The molecular weight excluding hydrogens is 348 g/mol. The lowest BCUT2D eigenvalue weighted by molar-refractivity contribution is -0.138. The van der Waals surface area contributed by atoms with E-state index < -0.39 is 0 Å². The Morgan fingerprint density at radius 1 is 1.08 bits per heavy atom. The number of ether oxygens (including phenoxy) is 1. The first-order valence-electron chi connectivity index (χ1n) is 10.0. The Balaban J connectivity index is 1.25. The van der Waals surface area contributed by atoms with Crippen molar-refractivity contribution in [1.29, 1.82) is 0 Å². The number of piperidine rings is 2. The van der Waals surface area contributed by atoms with Gasteiger partial charge in [0.05, 0.1) is 12.2 Å². The van der Waals surface area contributed by atoms with Crippen LogP contribution in [0.4, 0.5) is 0 Å². The van der Waals surface area contributed by atoms with E-state index in [4.69, 9.17) is 16.3 Å². The number of hydrogen-bond donors (Lipinski definition) is 0. The van der Waals surface area contributed by atoms with Crippen LogP contribution in [0.3, 0.4) is 0 Å². The molecule has 0 saturated carbocycles. The molecule has 1 amide bonds. The van der Waals surface area contributed by atoms with Crippen LogP contribution in [-0.2, 0) is 16.1 Å². The summed E-state index contributed by atoms with van der Waals surface area (Å²) < 4.78 is 6.47. The molecule has 3 aliphatic rings. The van der Waals surface area contributed by atoms with E-state index >= 15 is 0 Å². The van der Waals surface area contributed by atoms with Gasteiger partial charge in [-0.2, -0.15) is 0 Å². The lowest BCUT2D eigenvalue weighted by Gasteiger charge is -2.41. The van der Waals surface area contributed by atoms with Crippen LogP contribution in [0.1, 0.15) is 51.0 Å². The number of carbonyl (C=O) groups excluding carboxylic acids is 1. The first-order chi connectivity index (χ1) is 12.6. The number of halogens is 1. The first kappa shape index (κ1) is 18.3. The Morgan fingerprint density at radius 3 is 2.35 bits per heavy atom. The van der Waals surface area contributed by atoms with Gasteiger partial charge in [-0.15, -0.1) is 0 Å². The summed E-state index contributed by atoms with van der Waals surface area (Å²) in [5.41, 5.74) is 1.21. The van der Waals surface area contributed by atoms with E-state index in [1.807, 2.05) is 12.1 Å². The predicted octanol–water partition coefficient (Wildman–Crippen LogP) is 3.86. The molecule has 1 unspecified atom stereocenters. The molecule has 3 heterocycles. The van der Waals surface area contributed by atoms with Crippen molar-refractivity contribution in [2.24, 2.45) is 0 Å². The fourth-order valence-corrected chi connectivity index (χ4v) is 5.29. The molecule has 3 fully saturated rings. The molecule has 3 aliphatic heterocycles. The molecule has 4 rings (SSSR count). The number of rotatable bonds is 4. The Kier molecular flexibility index (Phi) is 5.53. The number of hydrogen-bond acceptors (Lipinski definition) is 3. The van der Waals surface area contributed by atoms with Crippen LogP contribution in [0, 0.1) is 0 Å². The van der Waals surface area contributed by atoms with Crippen molar-refractivity contribution >= 4 is 17.5 Å². The van der Waals surface area contributed by atoms with Gasteiger partial charge in [0.15, 0.2) is 0 Å². The lowest BCUT2D eigenvalue weighted by Crippen LogP contribution is -2.49. The number of nitrogens with zero attached hydrogens (tertiary/aromatic N) is 2. The minimum atomic E-state index is 0.240. The van der Waals surface area contributed by atoms with E-state index in [0.717, 1.165) is 63.2 Å². The summed E-state index contributed by atoms with van der Waals surface area (Å²) in [5.74, 6) is 0.240. The highest BCUT2D eigenvalue weighted by Crippen LogP contribution is 2.37. The molecule has 0 spiro atoms.